The average molecular weight is 250 g/mol. The van der Waals surface area contributed by atoms with Crippen molar-refractivity contribution in [3.63, 3.8) is 0 Å². The molecule has 2 rings (SSSR count). The summed E-state index contributed by atoms with van der Waals surface area (Å²) in [6.45, 7) is 6.61. The van der Waals surface area contributed by atoms with Crippen molar-refractivity contribution < 1.29 is 4.74 Å². The normalized spacial score (nSPS) is 23.4. The second-order valence-corrected chi connectivity index (χ2v) is 4.81. The minimum absolute atomic E-state index is 0.339. The van der Waals surface area contributed by atoms with Crippen LogP contribution in [0.4, 0.5) is 5.95 Å². The van der Waals surface area contributed by atoms with E-state index < -0.39 is 0 Å². The van der Waals surface area contributed by atoms with Crippen molar-refractivity contribution in [1.82, 2.24) is 9.97 Å². The Morgan fingerprint density at radius 2 is 2.39 bits per heavy atom. The molecule has 2 heterocycles. The molecule has 5 nitrogen and oxygen atoms in total. The van der Waals surface area contributed by atoms with Gasteiger partial charge in [-0.1, -0.05) is 13.8 Å². The molecule has 0 bridgehead atoms. The first kappa shape index (κ1) is 13.1. The van der Waals surface area contributed by atoms with Gasteiger partial charge in [-0.3, -0.25) is 0 Å². The molecule has 0 radical (unpaired) electrons. The van der Waals surface area contributed by atoms with Crippen LogP contribution >= 0.6 is 0 Å². The van der Waals surface area contributed by atoms with E-state index >= 15 is 0 Å². The van der Waals surface area contributed by atoms with Crippen LogP contribution in [0.1, 0.15) is 26.7 Å². The van der Waals surface area contributed by atoms with Crippen LogP contribution in [-0.4, -0.2) is 35.7 Å². The van der Waals surface area contributed by atoms with Gasteiger partial charge in [0.2, 0.25) is 11.8 Å². The van der Waals surface area contributed by atoms with E-state index in [9.17, 15) is 0 Å². The smallest absolute Gasteiger partial charge is 0.228 e. The molecule has 2 N–H and O–H groups in total. The fourth-order valence-corrected chi connectivity index (χ4v) is 2.37. The van der Waals surface area contributed by atoms with Gasteiger partial charge >= 0.3 is 0 Å². The van der Waals surface area contributed by atoms with Crippen molar-refractivity contribution in [2.45, 2.75) is 32.7 Å². The molecule has 1 aromatic rings. The number of ether oxygens (including phenoxy) is 1. The Hall–Kier alpha value is -1.36. The predicted octanol–water partition coefficient (Wildman–Crippen LogP) is 1.44. The van der Waals surface area contributed by atoms with Crippen molar-refractivity contribution in [3.05, 3.63) is 12.3 Å². The summed E-state index contributed by atoms with van der Waals surface area (Å²) in [4.78, 5) is 11.0. The van der Waals surface area contributed by atoms with E-state index in [0.717, 1.165) is 25.3 Å². The Morgan fingerprint density at radius 3 is 3.11 bits per heavy atom. The molecule has 5 heteroatoms. The highest BCUT2D eigenvalue weighted by molar-refractivity contribution is 5.36. The van der Waals surface area contributed by atoms with Gasteiger partial charge in [0.05, 0.1) is 6.61 Å². The molecule has 1 fully saturated rings. The molecule has 0 spiro atoms. The van der Waals surface area contributed by atoms with Gasteiger partial charge in [0.15, 0.2) is 0 Å². The Balaban J connectivity index is 2.12. The lowest BCUT2D eigenvalue weighted by atomic mass is 10.0. The van der Waals surface area contributed by atoms with Gasteiger partial charge in [0, 0.05) is 31.4 Å². The fourth-order valence-electron chi connectivity index (χ4n) is 2.37. The van der Waals surface area contributed by atoms with Crippen LogP contribution in [0.3, 0.4) is 0 Å². The molecule has 2 atom stereocenters. The molecule has 100 valence electrons. The summed E-state index contributed by atoms with van der Waals surface area (Å²) in [5.41, 5.74) is 5.84. The summed E-state index contributed by atoms with van der Waals surface area (Å²) >= 11 is 0. The van der Waals surface area contributed by atoms with Crippen LogP contribution in [0.2, 0.25) is 0 Å². The lowest BCUT2D eigenvalue weighted by Gasteiger charge is -2.25. The third-order valence-electron chi connectivity index (χ3n) is 3.45. The third-order valence-corrected chi connectivity index (χ3v) is 3.45. The fraction of sp³-hybridized carbons (Fsp3) is 0.692. The van der Waals surface area contributed by atoms with Gasteiger partial charge < -0.3 is 15.4 Å². The lowest BCUT2D eigenvalue weighted by molar-refractivity contribution is 0.304. The van der Waals surface area contributed by atoms with Crippen LogP contribution in [0, 0.1) is 5.92 Å². The van der Waals surface area contributed by atoms with Crippen molar-refractivity contribution in [2.75, 3.05) is 24.6 Å². The molecule has 0 amide bonds. The first-order valence-corrected chi connectivity index (χ1v) is 6.68. The van der Waals surface area contributed by atoms with Gasteiger partial charge in [-0.2, -0.15) is 4.98 Å². The molecule has 1 aliphatic rings. The molecule has 1 saturated heterocycles. The monoisotopic (exact) mass is 250 g/mol. The quantitative estimate of drug-likeness (QED) is 0.856. The maximum absolute atomic E-state index is 5.84. The maximum atomic E-state index is 5.84. The van der Waals surface area contributed by atoms with E-state index in [2.05, 4.69) is 28.7 Å². The zero-order valence-corrected chi connectivity index (χ0v) is 11.2. The summed E-state index contributed by atoms with van der Waals surface area (Å²) in [6.07, 6.45) is 3.88. The first-order chi connectivity index (χ1) is 8.76. The van der Waals surface area contributed by atoms with Crippen molar-refractivity contribution >= 4 is 5.95 Å². The van der Waals surface area contributed by atoms with Gasteiger partial charge in [0.1, 0.15) is 0 Å². The highest BCUT2D eigenvalue weighted by atomic mass is 16.5. The number of nitrogens with zero attached hydrogens (tertiary/aromatic N) is 3. The van der Waals surface area contributed by atoms with E-state index in [4.69, 9.17) is 10.5 Å². The highest BCUT2D eigenvalue weighted by Crippen LogP contribution is 2.27. The first-order valence-electron chi connectivity index (χ1n) is 6.68. The molecule has 18 heavy (non-hydrogen) atoms. The second-order valence-electron chi connectivity index (χ2n) is 4.81. The number of rotatable bonds is 5. The molecular formula is C13H22N4O. The van der Waals surface area contributed by atoms with Crippen LogP contribution < -0.4 is 15.4 Å². The molecule has 2 unspecified atom stereocenters. The second kappa shape index (κ2) is 6.00. The number of hydrogen-bond acceptors (Lipinski definition) is 5. The molecule has 0 saturated carbocycles. The largest absolute Gasteiger partial charge is 0.478 e. The summed E-state index contributed by atoms with van der Waals surface area (Å²) < 4.78 is 5.54. The topological polar surface area (TPSA) is 64.3 Å². The van der Waals surface area contributed by atoms with Crippen molar-refractivity contribution in [1.29, 1.82) is 0 Å². The van der Waals surface area contributed by atoms with E-state index in [1.807, 2.05) is 0 Å². The van der Waals surface area contributed by atoms with Crippen LogP contribution in [0.15, 0.2) is 12.3 Å². The standard InChI is InChI=1S/C13H22N4O/c1-3-8-18-12-4-6-15-13(16-12)17-7-5-10(2)11(17)9-14/h4,6,10-11H,3,5,7-9,14H2,1-2H3. The molecular weight excluding hydrogens is 228 g/mol. The zero-order chi connectivity index (χ0) is 13.0. The van der Waals surface area contributed by atoms with E-state index in [1.165, 1.54) is 0 Å². The third kappa shape index (κ3) is 2.72. The minimum Gasteiger partial charge on any atom is -0.478 e. The van der Waals surface area contributed by atoms with Crippen LogP contribution in [0.25, 0.3) is 0 Å². The van der Waals surface area contributed by atoms with Gasteiger partial charge in [0.25, 0.3) is 0 Å². The number of aromatic nitrogens is 2. The zero-order valence-electron chi connectivity index (χ0n) is 11.2. The van der Waals surface area contributed by atoms with E-state index in [0.29, 0.717) is 31.0 Å². The summed E-state index contributed by atoms with van der Waals surface area (Å²) in [5, 5.41) is 0. The Kier molecular flexibility index (Phi) is 4.36. The van der Waals surface area contributed by atoms with Gasteiger partial charge in [-0.15, -0.1) is 0 Å². The Labute approximate surface area is 108 Å². The van der Waals surface area contributed by atoms with E-state index in [-0.39, 0.29) is 0 Å². The molecule has 0 aliphatic carbocycles. The van der Waals surface area contributed by atoms with Crippen molar-refractivity contribution in [3.8, 4) is 5.88 Å². The van der Waals surface area contributed by atoms with Gasteiger partial charge in [-0.25, -0.2) is 4.98 Å². The number of nitrogens with two attached hydrogens (primary N) is 1. The summed E-state index contributed by atoms with van der Waals surface area (Å²) in [5.74, 6) is 1.99. The minimum atomic E-state index is 0.339. The van der Waals surface area contributed by atoms with E-state index in [1.54, 1.807) is 12.3 Å². The lowest BCUT2D eigenvalue weighted by Crippen LogP contribution is -2.39. The van der Waals surface area contributed by atoms with Gasteiger partial charge in [-0.05, 0) is 18.8 Å². The number of anilines is 1. The number of hydrogen-bond donors (Lipinski definition) is 1. The van der Waals surface area contributed by atoms with Crippen LogP contribution in [-0.2, 0) is 0 Å². The molecule has 1 aliphatic heterocycles. The van der Waals surface area contributed by atoms with Crippen LogP contribution in [0.5, 0.6) is 5.88 Å². The summed E-state index contributed by atoms with van der Waals surface area (Å²) in [6, 6.07) is 2.14. The molecule has 0 aromatic carbocycles. The average Bonchev–Trinajstić information content (AvgIpc) is 2.77. The highest BCUT2D eigenvalue weighted by Gasteiger charge is 2.31. The Morgan fingerprint density at radius 1 is 1.56 bits per heavy atom. The maximum Gasteiger partial charge on any atom is 0.228 e. The SMILES string of the molecule is CCCOc1ccnc(N2CCC(C)C2CN)n1. The molecule has 1 aromatic heterocycles. The Bertz CT molecular complexity index is 385. The van der Waals surface area contributed by atoms with Crippen molar-refractivity contribution in [2.24, 2.45) is 11.7 Å². The summed E-state index contributed by atoms with van der Waals surface area (Å²) in [7, 11) is 0. The predicted molar refractivity (Wildman–Crippen MR) is 71.8 cm³/mol.